The molecule has 3 aromatic heterocycles. The van der Waals surface area contributed by atoms with Crippen molar-refractivity contribution in [3.05, 3.63) is 85.9 Å². The van der Waals surface area contributed by atoms with Crippen LogP contribution >= 0.6 is 27.3 Å². The van der Waals surface area contributed by atoms with E-state index >= 15 is 0 Å². The second-order valence-electron chi connectivity index (χ2n) is 7.54. The molecular weight excluding hydrogens is 476 g/mol. The van der Waals surface area contributed by atoms with E-state index in [0.717, 1.165) is 26.5 Å². The van der Waals surface area contributed by atoms with Crippen LogP contribution in [-0.4, -0.2) is 15.3 Å². The van der Waals surface area contributed by atoms with Crippen molar-refractivity contribution in [3.63, 3.8) is 0 Å². The maximum absolute atomic E-state index is 13.3. The van der Waals surface area contributed by atoms with Gasteiger partial charge in [-0.25, -0.2) is 4.98 Å². The largest absolute Gasteiger partial charge is 0.453 e. The minimum atomic E-state index is -0.279. The van der Waals surface area contributed by atoms with Crippen molar-refractivity contribution in [1.82, 2.24) is 9.55 Å². The molecule has 2 aromatic carbocycles. The standard InChI is InChI=1S/C24H17BrN2O3S/c1-13-3-5-17(14(2)7-13)18-11-31-23-22(18)24(29)27(12-26-23)10-19(28)21-9-15-8-16(25)4-6-20(15)30-21/h3-9,11-12H,10H2,1-2H3. The number of hydrogen-bond donors (Lipinski definition) is 0. The van der Waals surface area contributed by atoms with E-state index in [4.69, 9.17) is 4.42 Å². The van der Waals surface area contributed by atoms with E-state index in [1.54, 1.807) is 12.1 Å². The van der Waals surface area contributed by atoms with Crippen LogP contribution in [0.5, 0.6) is 0 Å². The summed E-state index contributed by atoms with van der Waals surface area (Å²) in [7, 11) is 0. The van der Waals surface area contributed by atoms with E-state index in [2.05, 4.69) is 27.0 Å². The molecule has 5 nitrogen and oxygen atoms in total. The Hall–Kier alpha value is -3.03. The molecule has 0 radical (unpaired) electrons. The summed E-state index contributed by atoms with van der Waals surface area (Å²) < 4.78 is 7.94. The molecule has 5 rings (SSSR count). The van der Waals surface area contributed by atoms with Crippen molar-refractivity contribution in [2.75, 3.05) is 0 Å². The van der Waals surface area contributed by atoms with Gasteiger partial charge in [0, 0.05) is 20.8 Å². The van der Waals surface area contributed by atoms with Gasteiger partial charge in [0.05, 0.1) is 18.3 Å². The van der Waals surface area contributed by atoms with E-state index in [1.165, 1.54) is 27.8 Å². The summed E-state index contributed by atoms with van der Waals surface area (Å²) in [5.41, 5.74) is 4.52. The summed E-state index contributed by atoms with van der Waals surface area (Å²) in [6, 6.07) is 13.4. The van der Waals surface area contributed by atoms with Crippen molar-refractivity contribution < 1.29 is 9.21 Å². The number of thiophene rings is 1. The van der Waals surface area contributed by atoms with Gasteiger partial charge in [-0.2, -0.15) is 0 Å². The lowest BCUT2D eigenvalue weighted by molar-refractivity contribution is 0.0945. The Morgan fingerprint density at radius 3 is 2.77 bits per heavy atom. The fourth-order valence-corrected chi connectivity index (χ4v) is 5.05. The van der Waals surface area contributed by atoms with E-state index in [1.807, 2.05) is 43.5 Å². The lowest BCUT2D eigenvalue weighted by Gasteiger charge is -2.07. The molecule has 154 valence electrons. The van der Waals surface area contributed by atoms with Gasteiger partial charge in [0.1, 0.15) is 10.4 Å². The number of fused-ring (bicyclic) bond motifs is 2. The van der Waals surface area contributed by atoms with Crippen LogP contribution in [0.4, 0.5) is 0 Å². The Kier molecular flexibility index (Phi) is 4.87. The third kappa shape index (κ3) is 3.54. The number of nitrogens with zero attached hydrogens (tertiary/aromatic N) is 2. The fraction of sp³-hybridized carbons (Fsp3) is 0.125. The first-order valence-corrected chi connectivity index (χ1v) is 11.3. The van der Waals surface area contributed by atoms with E-state index in [9.17, 15) is 9.59 Å². The molecule has 3 heterocycles. The zero-order valence-electron chi connectivity index (χ0n) is 16.8. The summed E-state index contributed by atoms with van der Waals surface area (Å²) >= 11 is 4.85. The number of carbonyl (C=O) groups is 1. The van der Waals surface area contributed by atoms with Crippen molar-refractivity contribution in [2.24, 2.45) is 0 Å². The van der Waals surface area contributed by atoms with Crippen LogP contribution in [-0.2, 0) is 6.54 Å². The first-order chi connectivity index (χ1) is 14.9. The number of rotatable bonds is 4. The monoisotopic (exact) mass is 492 g/mol. The van der Waals surface area contributed by atoms with Gasteiger partial charge in [-0.05, 0) is 49.2 Å². The Morgan fingerprint density at radius 1 is 1.13 bits per heavy atom. The summed E-state index contributed by atoms with van der Waals surface area (Å²) in [6.45, 7) is 3.94. The first-order valence-electron chi connectivity index (χ1n) is 9.67. The minimum Gasteiger partial charge on any atom is -0.453 e. The van der Waals surface area contributed by atoms with Crippen LogP contribution in [0.2, 0.25) is 0 Å². The molecule has 5 aromatic rings. The predicted molar refractivity (Wildman–Crippen MR) is 127 cm³/mol. The average molecular weight is 493 g/mol. The molecule has 0 N–H and O–H groups in total. The number of furan rings is 1. The summed E-state index contributed by atoms with van der Waals surface area (Å²) in [6.07, 6.45) is 1.43. The second kappa shape index (κ2) is 7.59. The molecule has 0 aliphatic rings. The predicted octanol–water partition coefficient (Wildman–Crippen LogP) is 6.13. The highest BCUT2D eigenvalue weighted by Crippen LogP contribution is 2.33. The minimum absolute atomic E-state index is 0.134. The molecular formula is C24H17BrN2O3S. The van der Waals surface area contributed by atoms with Gasteiger partial charge in [-0.15, -0.1) is 11.3 Å². The maximum Gasteiger partial charge on any atom is 0.263 e. The topological polar surface area (TPSA) is 65.1 Å². The summed E-state index contributed by atoms with van der Waals surface area (Å²) in [5, 5.41) is 3.33. The maximum atomic E-state index is 13.3. The second-order valence-corrected chi connectivity index (χ2v) is 9.32. The number of ketones is 1. The highest BCUT2D eigenvalue weighted by molar-refractivity contribution is 9.10. The van der Waals surface area contributed by atoms with Crippen molar-refractivity contribution in [3.8, 4) is 11.1 Å². The smallest absolute Gasteiger partial charge is 0.263 e. The number of aryl methyl sites for hydroxylation is 2. The molecule has 0 aliphatic heterocycles. The van der Waals surface area contributed by atoms with E-state index < -0.39 is 0 Å². The molecule has 0 fully saturated rings. The summed E-state index contributed by atoms with van der Waals surface area (Å²) in [4.78, 5) is 31.2. The van der Waals surface area contributed by atoms with Crippen LogP contribution in [0.15, 0.2) is 67.9 Å². The molecule has 0 amide bonds. The average Bonchev–Trinajstić information content (AvgIpc) is 3.34. The molecule has 7 heteroatoms. The Morgan fingerprint density at radius 2 is 1.97 bits per heavy atom. The van der Waals surface area contributed by atoms with Crippen LogP contribution in [0.3, 0.4) is 0 Å². The molecule has 0 saturated heterocycles. The Labute approximate surface area is 190 Å². The lowest BCUT2D eigenvalue weighted by Crippen LogP contribution is -2.24. The third-order valence-electron chi connectivity index (χ3n) is 5.30. The van der Waals surface area contributed by atoms with Crippen molar-refractivity contribution in [2.45, 2.75) is 20.4 Å². The number of aromatic nitrogens is 2. The Balaban J connectivity index is 1.55. The molecule has 0 bridgehead atoms. The number of halogens is 1. The van der Waals surface area contributed by atoms with Gasteiger partial charge in [0.25, 0.3) is 5.56 Å². The van der Waals surface area contributed by atoms with Crippen LogP contribution in [0.25, 0.3) is 32.3 Å². The highest BCUT2D eigenvalue weighted by atomic mass is 79.9. The molecule has 31 heavy (non-hydrogen) atoms. The van der Waals surface area contributed by atoms with Gasteiger partial charge < -0.3 is 4.42 Å². The SMILES string of the molecule is Cc1ccc(-c2csc3ncn(CC(=O)c4cc5cc(Br)ccc5o4)c(=O)c23)c(C)c1. The van der Waals surface area contributed by atoms with Crippen LogP contribution < -0.4 is 5.56 Å². The van der Waals surface area contributed by atoms with Crippen molar-refractivity contribution >= 4 is 54.2 Å². The zero-order chi connectivity index (χ0) is 21.7. The van der Waals surface area contributed by atoms with E-state index in [-0.39, 0.29) is 23.6 Å². The quantitative estimate of drug-likeness (QED) is 0.283. The lowest BCUT2D eigenvalue weighted by atomic mass is 9.99. The van der Waals surface area contributed by atoms with Crippen LogP contribution in [0.1, 0.15) is 21.7 Å². The van der Waals surface area contributed by atoms with Gasteiger partial charge in [0.2, 0.25) is 5.78 Å². The van der Waals surface area contributed by atoms with Gasteiger partial charge in [-0.1, -0.05) is 39.7 Å². The van der Waals surface area contributed by atoms with Crippen molar-refractivity contribution in [1.29, 1.82) is 0 Å². The number of benzene rings is 2. The number of hydrogen-bond acceptors (Lipinski definition) is 5. The van der Waals surface area contributed by atoms with Crippen LogP contribution in [0, 0.1) is 13.8 Å². The zero-order valence-corrected chi connectivity index (χ0v) is 19.2. The number of Topliss-reactive ketones (excluding diaryl/α,β-unsaturated/α-hetero) is 1. The summed E-state index contributed by atoms with van der Waals surface area (Å²) in [5.74, 6) is -0.0566. The van der Waals surface area contributed by atoms with E-state index in [0.29, 0.717) is 15.8 Å². The fourth-order valence-electron chi connectivity index (χ4n) is 3.78. The van der Waals surface area contributed by atoms with Gasteiger partial charge >= 0.3 is 0 Å². The molecule has 0 unspecified atom stereocenters. The molecule has 0 aliphatic carbocycles. The normalized spacial score (nSPS) is 11.5. The van der Waals surface area contributed by atoms with Gasteiger partial charge in [-0.3, -0.25) is 14.2 Å². The first kappa shape index (κ1) is 19.9. The molecule has 0 atom stereocenters. The Bertz CT molecular complexity index is 1540. The number of carbonyl (C=O) groups excluding carboxylic acids is 1. The third-order valence-corrected chi connectivity index (χ3v) is 6.68. The highest BCUT2D eigenvalue weighted by Gasteiger charge is 2.18. The molecule has 0 spiro atoms. The van der Waals surface area contributed by atoms with Gasteiger partial charge in [0.15, 0.2) is 5.76 Å². The molecule has 0 saturated carbocycles.